The molecular weight excluding hydrogens is 390 g/mol. The fraction of sp³-hybridized carbons (Fsp3) is 0.529. The minimum absolute atomic E-state index is 0.0220. The van der Waals surface area contributed by atoms with Crippen molar-refractivity contribution in [3.63, 3.8) is 0 Å². The Morgan fingerprint density at radius 3 is 2.44 bits per heavy atom. The topological polar surface area (TPSA) is 85.1 Å². The van der Waals surface area contributed by atoms with Gasteiger partial charge < -0.3 is 20.1 Å². The zero-order valence-electron chi connectivity index (χ0n) is 14.6. The highest BCUT2D eigenvalue weighted by Gasteiger charge is 2.18. The van der Waals surface area contributed by atoms with Gasteiger partial charge in [-0.15, -0.1) is 0 Å². The summed E-state index contributed by atoms with van der Waals surface area (Å²) in [5.74, 6) is -0.867. The van der Waals surface area contributed by atoms with Crippen molar-refractivity contribution in [2.24, 2.45) is 0 Å². The molecule has 2 N–H and O–H groups in total. The zero-order chi connectivity index (χ0) is 18.4. The molecule has 0 radical (unpaired) electrons. The Hall–Kier alpha value is -1.64. The fourth-order valence-corrected chi connectivity index (χ4v) is 3.07. The maximum Gasteiger partial charge on any atom is 0.338 e. The van der Waals surface area contributed by atoms with Gasteiger partial charge in [0, 0.05) is 44.1 Å². The first-order valence-electron chi connectivity index (χ1n) is 8.16. The number of ether oxygens (including phenoxy) is 2. The monoisotopic (exact) mass is 413 g/mol. The lowest BCUT2D eigenvalue weighted by Gasteiger charge is -2.32. The molecule has 0 unspecified atom stereocenters. The second-order valence-electron chi connectivity index (χ2n) is 6.09. The van der Waals surface area contributed by atoms with Crippen molar-refractivity contribution < 1.29 is 19.1 Å². The lowest BCUT2D eigenvalue weighted by Crippen LogP contribution is -2.44. The minimum atomic E-state index is -0.465. The summed E-state index contributed by atoms with van der Waals surface area (Å²) >= 11 is 3.41. The molecule has 0 saturated carbocycles. The maximum absolute atomic E-state index is 12.2. The molecule has 0 spiro atoms. The van der Waals surface area contributed by atoms with E-state index in [0.29, 0.717) is 22.3 Å². The van der Waals surface area contributed by atoms with Crippen molar-refractivity contribution in [2.45, 2.75) is 13.5 Å². The summed E-state index contributed by atoms with van der Waals surface area (Å²) in [5, 5.41) is 0. The molecule has 1 aliphatic heterocycles. The minimum Gasteiger partial charge on any atom is -0.462 e. The number of likely N-dealkylation sites (N-methyl/N-ethyl adjacent to an activating group) is 1. The molecule has 138 valence electrons. The van der Waals surface area contributed by atoms with Gasteiger partial charge >= 0.3 is 11.9 Å². The summed E-state index contributed by atoms with van der Waals surface area (Å²) in [4.78, 5) is 27.5. The number of halogens is 1. The average molecular weight is 414 g/mol. The van der Waals surface area contributed by atoms with Crippen LogP contribution in [-0.2, 0) is 20.8 Å². The molecule has 0 aromatic heterocycles. The predicted octanol–water partition coefficient (Wildman–Crippen LogP) is 1.50. The number of nitrogen functional groups attached to an aromatic ring is 1. The van der Waals surface area contributed by atoms with Gasteiger partial charge in [0.2, 0.25) is 0 Å². The van der Waals surface area contributed by atoms with Crippen molar-refractivity contribution in [1.29, 1.82) is 0 Å². The highest BCUT2D eigenvalue weighted by atomic mass is 79.9. The van der Waals surface area contributed by atoms with E-state index >= 15 is 0 Å². The number of carbonyl (C=O) groups is 2. The number of nitrogens with two attached hydrogens (primary N) is 1. The number of rotatable bonds is 6. The van der Waals surface area contributed by atoms with E-state index < -0.39 is 11.9 Å². The molecular formula is C17H24BrN3O4. The molecule has 7 nitrogen and oxygen atoms in total. The van der Waals surface area contributed by atoms with Gasteiger partial charge in [-0.25, -0.2) is 4.79 Å². The molecule has 0 bridgehead atoms. The highest BCUT2D eigenvalue weighted by molar-refractivity contribution is 9.10. The van der Waals surface area contributed by atoms with Crippen LogP contribution in [0.4, 0.5) is 5.69 Å². The van der Waals surface area contributed by atoms with Crippen LogP contribution in [0.5, 0.6) is 0 Å². The van der Waals surface area contributed by atoms with Crippen LogP contribution in [0.3, 0.4) is 0 Å². The molecule has 1 aromatic rings. The summed E-state index contributed by atoms with van der Waals surface area (Å²) < 4.78 is 10.6. The van der Waals surface area contributed by atoms with E-state index in [2.05, 4.69) is 32.8 Å². The van der Waals surface area contributed by atoms with Crippen LogP contribution in [0.15, 0.2) is 16.6 Å². The number of benzene rings is 1. The van der Waals surface area contributed by atoms with Gasteiger partial charge in [0.25, 0.3) is 0 Å². The maximum atomic E-state index is 12.2. The molecule has 1 aromatic carbocycles. The number of piperazine rings is 1. The zero-order valence-corrected chi connectivity index (χ0v) is 16.2. The Bertz CT molecular complexity index is 631. The van der Waals surface area contributed by atoms with Crippen molar-refractivity contribution in [2.75, 3.05) is 52.2 Å². The SMILES string of the molecule is CC(=O)OCCOC(=O)c1cc(Br)c(N)c(CN2CCN(C)CC2)c1. The highest BCUT2D eigenvalue weighted by Crippen LogP contribution is 2.27. The molecule has 8 heteroatoms. The molecule has 1 fully saturated rings. The largest absolute Gasteiger partial charge is 0.462 e. The normalized spacial score (nSPS) is 15.8. The summed E-state index contributed by atoms with van der Waals surface area (Å²) in [6, 6.07) is 3.42. The molecule has 0 aliphatic carbocycles. The number of hydrogen-bond donors (Lipinski definition) is 1. The van der Waals surface area contributed by atoms with Crippen molar-refractivity contribution in [3.05, 3.63) is 27.7 Å². The number of carbonyl (C=O) groups excluding carboxylic acids is 2. The van der Waals surface area contributed by atoms with E-state index in [9.17, 15) is 9.59 Å². The van der Waals surface area contributed by atoms with E-state index in [0.717, 1.165) is 31.7 Å². The quantitative estimate of drug-likeness (QED) is 0.429. The Labute approximate surface area is 156 Å². The van der Waals surface area contributed by atoms with Crippen LogP contribution in [0.1, 0.15) is 22.8 Å². The molecule has 1 heterocycles. The van der Waals surface area contributed by atoms with Crippen LogP contribution >= 0.6 is 15.9 Å². The predicted molar refractivity (Wildman–Crippen MR) is 98.2 cm³/mol. The number of anilines is 1. The summed E-state index contributed by atoms with van der Waals surface area (Å²) in [6.45, 7) is 6.02. The van der Waals surface area contributed by atoms with Gasteiger partial charge in [0.05, 0.1) is 11.3 Å². The van der Waals surface area contributed by atoms with Gasteiger partial charge in [0.1, 0.15) is 13.2 Å². The van der Waals surface area contributed by atoms with Crippen molar-refractivity contribution >= 4 is 33.6 Å². The van der Waals surface area contributed by atoms with Gasteiger partial charge in [-0.05, 0) is 40.7 Å². The summed E-state index contributed by atoms with van der Waals surface area (Å²) in [7, 11) is 2.11. The summed E-state index contributed by atoms with van der Waals surface area (Å²) in [5.41, 5.74) is 8.11. The Balaban J connectivity index is 2.01. The van der Waals surface area contributed by atoms with Crippen LogP contribution < -0.4 is 5.73 Å². The third-order valence-corrected chi connectivity index (χ3v) is 4.72. The first-order chi connectivity index (χ1) is 11.9. The average Bonchev–Trinajstić information content (AvgIpc) is 2.57. The van der Waals surface area contributed by atoms with Crippen LogP contribution in [0.2, 0.25) is 0 Å². The molecule has 2 rings (SSSR count). The number of esters is 2. The van der Waals surface area contributed by atoms with Crippen molar-refractivity contribution in [1.82, 2.24) is 9.80 Å². The molecule has 1 saturated heterocycles. The lowest BCUT2D eigenvalue weighted by atomic mass is 10.1. The Morgan fingerprint density at radius 1 is 1.16 bits per heavy atom. The second-order valence-corrected chi connectivity index (χ2v) is 6.94. The fourth-order valence-electron chi connectivity index (χ4n) is 2.57. The first kappa shape index (κ1) is 19.7. The van der Waals surface area contributed by atoms with Gasteiger partial charge in [-0.1, -0.05) is 0 Å². The third-order valence-electron chi connectivity index (χ3n) is 4.06. The van der Waals surface area contributed by atoms with Crippen LogP contribution in [0, 0.1) is 0 Å². The Morgan fingerprint density at radius 2 is 1.80 bits per heavy atom. The smallest absolute Gasteiger partial charge is 0.338 e. The Kier molecular flexibility index (Phi) is 7.22. The van der Waals surface area contributed by atoms with Gasteiger partial charge in [-0.2, -0.15) is 0 Å². The lowest BCUT2D eigenvalue weighted by molar-refractivity contribution is -0.142. The van der Waals surface area contributed by atoms with E-state index in [4.69, 9.17) is 15.2 Å². The van der Waals surface area contributed by atoms with E-state index in [-0.39, 0.29) is 13.2 Å². The molecule has 1 aliphatic rings. The van der Waals surface area contributed by atoms with E-state index in [1.165, 1.54) is 6.92 Å². The number of hydrogen-bond acceptors (Lipinski definition) is 7. The van der Waals surface area contributed by atoms with E-state index in [1.807, 2.05) is 0 Å². The summed E-state index contributed by atoms with van der Waals surface area (Å²) in [6.07, 6.45) is 0. The molecule has 0 atom stereocenters. The molecule has 0 amide bonds. The van der Waals surface area contributed by atoms with Gasteiger partial charge in [0.15, 0.2) is 0 Å². The second kappa shape index (κ2) is 9.17. The van der Waals surface area contributed by atoms with E-state index in [1.54, 1.807) is 12.1 Å². The van der Waals surface area contributed by atoms with Crippen molar-refractivity contribution in [3.8, 4) is 0 Å². The van der Waals surface area contributed by atoms with Crippen LogP contribution in [-0.4, -0.2) is 68.2 Å². The van der Waals surface area contributed by atoms with Crippen LogP contribution in [0.25, 0.3) is 0 Å². The first-order valence-corrected chi connectivity index (χ1v) is 8.95. The third kappa shape index (κ3) is 5.98. The van der Waals surface area contributed by atoms with Gasteiger partial charge in [-0.3, -0.25) is 9.69 Å². The number of nitrogens with zero attached hydrogens (tertiary/aromatic N) is 2. The standard InChI is InChI=1S/C17H24BrN3O4/c1-12(22)24-7-8-25-17(23)13-9-14(16(19)15(18)10-13)11-21-5-3-20(2)4-6-21/h9-10H,3-8,11,19H2,1-2H3. The molecule has 25 heavy (non-hydrogen) atoms.